The van der Waals surface area contributed by atoms with Crippen molar-refractivity contribution in [3.05, 3.63) is 18.2 Å². The average molecular weight is 372 g/mol. The zero-order valence-corrected chi connectivity index (χ0v) is 16.4. The van der Waals surface area contributed by atoms with E-state index in [0.717, 1.165) is 6.54 Å². The fraction of sp³-hybridized carbons (Fsp3) is 0.647. The van der Waals surface area contributed by atoms with Crippen molar-refractivity contribution in [2.24, 2.45) is 0 Å². The number of methoxy groups -OCH3 is 3. The van der Waals surface area contributed by atoms with Gasteiger partial charge in [-0.05, 0) is 26.0 Å². The molecule has 2 rings (SSSR count). The second-order valence-electron chi connectivity index (χ2n) is 6.27. The van der Waals surface area contributed by atoms with Crippen molar-refractivity contribution < 1.29 is 22.6 Å². The van der Waals surface area contributed by atoms with Crippen molar-refractivity contribution in [2.75, 3.05) is 47.6 Å². The number of sulfonamides is 1. The number of ether oxygens (including phenoxy) is 3. The van der Waals surface area contributed by atoms with Gasteiger partial charge in [0.1, 0.15) is 16.4 Å². The van der Waals surface area contributed by atoms with Crippen LogP contribution in [0.15, 0.2) is 23.1 Å². The molecule has 2 atom stereocenters. The topological polar surface area (TPSA) is 68.3 Å². The van der Waals surface area contributed by atoms with E-state index < -0.39 is 10.0 Å². The average Bonchev–Trinajstić information content (AvgIpc) is 2.60. The molecule has 1 heterocycles. The zero-order chi connectivity index (χ0) is 18.6. The van der Waals surface area contributed by atoms with Crippen LogP contribution in [0.25, 0.3) is 0 Å². The lowest BCUT2D eigenvalue weighted by atomic mass is 10.1. The molecule has 25 heavy (non-hydrogen) atoms. The monoisotopic (exact) mass is 372 g/mol. The minimum atomic E-state index is -3.64. The maximum absolute atomic E-state index is 13.1. The van der Waals surface area contributed by atoms with Crippen molar-refractivity contribution in [2.45, 2.75) is 30.8 Å². The lowest BCUT2D eigenvalue weighted by molar-refractivity contribution is 0.0495. The van der Waals surface area contributed by atoms with E-state index in [4.69, 9.17) is 14.2 Å². The number of hydrogen-bond donors (Lipinski definition) is 0. The molecule has 0 radical (unpaired) electrons. The molecule has 0 aromatic heterocycles. The predicted molar refractivity (Wildman–Crippen MR) is 95.8 cm³/mol. The first kappa shape index (κ1) is 20.0. The Labute approximate surface area is 150 Å². The van der Waals surface area contributed by atoms with Crippen molar-refractivity contribution >= 4 is 10.0 Å². The zero-order valence-electron chi connectivity index (χ0n) is 15.6. The number of benzene rings is 1. The molecule has 2 unspecified atom stereocenters. The van der Waals surface area contributed by atoms with Gasteiger partial charge in [0.2, 0.25) is 10.0 Å². The van der Waals surface area contributed by atoms with Gasteiger partial charge < -0.3 is 14.2 Å². The summed E-state index contributed by atoms with van der Waals surface area (Å²) >= 11 is 0. The third-order valence-corrected chi connectivity index (χ3v) is 6.48. The van der Waals surface area contributed by atoms with E-state index in [2.05, 4.69) is 4.90 Å². The second-order valence-corrected chi connectivity index (χ2v) is 8.17. The summed E-state index contributed by atoms with van der Waals surface area (Å²) < 4.78 is 43.4. The molecule has 1 aromatic carbocycles. The third-order valence-electron chi connectivity index (χ3n) is 4.61. The van der Waals surface area contributed by atoms with Crippen molar-refractivity contribution in [3.63, 3.8) is 0 Å². The summed E-state index contributed by atoms with van der Waals surface area (Å²) in [7, 11) is 1.02. The molecule has 0 amide bonds. The van der Waals surface area contributed by atoms with E-state index in [1.165, 1.54) is 18.5 Å². The van der Waals surface area contributed by atoms with Gasteiger partial charge in [0.05, 0.1) is 20.8 Å². The molecule has 7 nitrogen and oxygen atoms in total. The van der Waals surface area contributed by atoms with Gasteiger partial charge in [-0.1, -0.05) is 0 Å². The minimum absolute atomic E-state index is 0.109. The normalized spacial score (nSPS) is 22.8. The van der Waals surface area contributed by atoms with Crippen LogP contribution in [0.2, 0.25) is 0 Å². The first-order chi connectivity index (χ1) is 11.8. The Morgan fingerprint density at radius 3 is 2.24 bits per heavy atom. The van der Waals surface area contributed by atoms with Crippen LogP contribution in [-0.2, 0) is 14.8 Å². The molecule has 1 saturated heterocycles. The second kappa shape index (κ2) is 8.35. The van der Waals surface area contributed by atoms with Crippen molar-refractivity contribution in [1.29, 1.82) is 0 Å². The minimum Gasteiger partial charge on any atom is -0.497 e. The number of nitrogens with zero attached hydrogens (tertiary/aromatic N) is 2. The van der Waals surface area contributed by atoms with Gasteiger partial charge in [-0.2, -0.15) is 4.31 Å². The van der Waals surface area contributed by atoms with Crippen LogP contribution in [0.5, 0.6) is 11.5 Å². The van der Waals surface area contributed by atoms with Crippen LogP contribution in [-0.4, -0.2) is 77.3 Å². The molecule has 1 fully saturated rings. The van der Waals surface area contributed by atoms with Crippen LogP contribution in [0, 0.1) is 0 Å². The maximum Gasteiger partial charge on any atom is 0.246 e. The van der Waals surface area contributed by atoms with E-state index in [-0.39, 0.29) is 17.0 Å². The molecule has 0 N–H and O–H groups in total. The highest BCUT2D eigenvalue weighted by atomic mass is 32.2. The van der Waals surface area contributed by atoms with Gasteiger partial charge >= 0.3 is 0 Å². The summed E-state index contributed by atoms with van der Waals surface area (Å²) in [6.07, 6.45) is 0. The highest BCUT2D eigenvalue weighted by molar-refractivity contribution is 7.89. The Morgan fingerprint density at radius 2 is 1.72 bits per heavy atom. The molecule has 1 aromatic rings. The standard InChI is InChI=1S/C17H28N2O5S/c1-13-11-18(12-14(2)19(13)8-9-22-3)25(20,21)17-7-6-15(23-4)10-16(17)24-5/h6-7,10,13-14H,8-9,11-12H2,1-5H3. The van der Waals surface area contributed by atoms with Crippen molar-refractivity contribution in [3.8, 4) is 11.5 Å². The lowest BCUT2D eigenvalue weighted by Crippen LogP contribution is -2.58. The fourth-order valence-electron chi connectivity index (χ4n) is 3.27. The molecular weight excluding hydrogens is 344 g/mol. The molecule has 0 saturated carbocycles. The Morgan fingerprint density at radius 1 is 1.08 bits per heavy atom. The van der Waals surface area contributed by atoms with Gasteiger partial charge in [-0.15, -0.1) is 0 Å². The summed E-state index contributed by atoms with van der Waals surface area (Å²) in [5.74, 6) is 0.850. The molecule has 1 aliphatic heterocycles. The lowest BCUT2D eigenvalue weighted by Gasteiger charge is -2.43. The van der Waals surface area contributed by atoms with E-state index in [0.29, 0.717) is 31.2 Å². The first-order valence-corrected chi connectivity index (χ1v) is 9.76. The highest BCUT2D eigenvalue weighted by Gasteiger charge is 2.37. The SMILES string of the molecule is COCCN1C(C)CN(S(=O)(=O)c2ccc(OC)cc2OC)CC1C. The maximum atomic E-state index is 13.1. The summed E-state index contributed by atoms with van der Waals surface area (Å²) in [5, 5.41) is 0. The quantitative estimate of drug-likeness (QED) is 0.721. The molecule has 0 spiro atoms. The van der Waals surface area contributed by atoms with Crippen LogP contribution in [0.1, 0.15) is 13.8 Å². The molecule has 8 heteroatoms. The largest absolute Gasteiger partial charge is 0.497 e. The van der Waals surface area contributed by atoms with E-state index in [9.17, 15) is 8.42 Å². The van der Waals surface area contributed by atoms with Crippen LogP contribution < -0.4 is 9.47 Å². The Bertz CT molecular complexity index is 668. The van der Waals surface area contributed by atoms with Crippen LogP contribution in [0.3, 0.4) is 0 Å². The van der Waals surface area contributed by atoms with Gasteiger partial charge in [0, 0.05) is 44.9 Å². The molecular formula is C17H28N2O5S. The summed E-state index contributed by atoms with van der Waals surface area (Å²) in [6.45, 7) is 6.38. The van der Waals surface area contributed by atoms with Crippen LogP contribution >= 0.6 is 0 Å². The first-order valence-electron chi connectivity index (χ1n) is 8.32. The van der Waals surface area contributed by atoms with Crippen molar-refractivity contribution in [1.82, 2.24) is 9.21 Å². The van der Waals surface area contributed by atoms with E-state index in [1.807, 2.05) is 13.8 Å². The number of rotatable bonds is 7. The summed E-state index contributed by atoms with van der Waals surface area (Å²) in [5.41, 5.74) is 0. The van der Waals surface area contributed by atoms with E-state index in [1.54, 1.807) is 25.3 Å². The Kier molecular flexibility index (Phi) is 6.67. The Hall–Kier alpha value is -1.35. The predicted octanol–water partition coefficient (Wildman–Crippen LogP) is 1.43. The highest BCUT2D eigenvalue weighted by Crippen LogP contribution is 2.32. The summed E-state index contributed by atoms with van der Waals surface area (Å²) in [4.78, 5) is 2.45. The van der Waals surface area contributed by atoms with Crippen LogP contribution in [0.4, 0.5) is 0 Å². The van der Waals surface area contributed by atoms with Gasteiger partial charge in [-0.3, -0.25) is 4.90 Å². The number of piperazine rings is 1. The van der Waals surface area contributed by atoms with Gasteiger partial charge in [0.15, 0.2) is 0 Å². The smallest absolute Gasteiger partial charge is 0.246 e. The van der Waals surface area contributed by atoms with Gasteiger partial charge in [0.25, 0.3) is 0 Å². The van der Waals surface area contributed by atoms with Gasteiger partial charge in [-0.25, -0.2) is 8.42 Å². The molecule has 1 aliphatic rings. The molecule has 142 valence electrons. The number of hydrogen-bond acceptors (Lipinski definition) is 6. The third kappa shape index (κ3) is 4.25. The summed E-state index contributed by atoms with van der Waals surface area (Å²) in [6, 6.07) is 4.99. The van der Waals surface area contributed by atoms with E-state index >= 15 is 0 Å². The molecule has 0 aliphatic carbocycles. The Balaban J connectivity index is 2.26. The fourth-order valence-corrected chi connectivity index (χ4v) is 5.01. The molecule has 0 bridgehead atoms.